The second-order valence-electron chi connectivity index (χ2n) is 10.3. The Kier molecular flexibility index (Phi) is 9.76. The van der Waals surface area contributed by atoms with Gasteiger partial charge in [-0.1, -0.05) is 36.4 Å². The summed E-state index contributed by atoms with van der Waals surface area (Å²) in [6.45, 7) is 0. The van der Waals surface area contributed by atoms with Crippen LogP contribution in [0.25, 0.3) is 21.9 Å². The lowest BCUT2D eigenvalue weighted by Gasteiger charge is -2.08. The fourth-order valence-corrected chi connectivity index (χ4v) is 4.47. The van der Waals surface area contributed by atoms with Gasteiger partial charge in [-0.25, -0.2) is 19.2 Å². The minimum Gasteiger partial charge on any atom is -0.508 e. The van der Waals surface area contributed by atoms with E-state index in [-0.39, 0.29) is 45.3 Å². The molecule has 6 aromatic carbocycles. The molecule has 10 heteroatoms. The van der Waals surface area contributed by atoms with Gasteiger partial charge in [-0.2, -0.15) is 0 Å². The van der Waals surface area contributed by atoms with Crippen LogP contribution in [-0.4, -0.2) is 44.3 Å². The highest BCUT2D eigenvalue weighted by Crippen LogP contribution is 2.25. The summed E-state index contributed by atoms with van der Waals surface area (Å²) in [6, 6.07) is 34.5. The molecule has 0 aromatic heterocycles. The number of hydrogen-bond donors (Lipinski definition) is 4. The van der Waals surface area contributed by atoms with Crippen LogP contribution in [0.4, 0.5) is 0 Å². The topological polar surface area (TPSA) is 168 Å². The van der Waals surface area contributed by atoms with Crippen LogP contribution in [0.1, 0.15) is 41.4 Å². The van der Waals surface area contributed by atoms with Gasteiger partial charge in [0.2, 0.25) is 0 Å². The van der Waals surface area contributed by atoms with Gasteiger partial charge in [-0.15, -0.1) is 0 Å². The molecule has 0 saturated carbocycles. The number of benzene rings is 6. The highest BCUT2D eigenvalue weighted by Gasteiger charge is 2.13. The number of phenols is 2. The van der Waals surface area contributed by atoms with E-state index in [1.807, 2.05) is 24.3 Å². The van der Waals surface area contributed by atoms with Gasteiger partial charge in [0.05, 0.1) is 22.3 Å². The lowest BCUT2D eigenvalue weighted by atomic mass is 10.1. The molecule has 6 rings (SSSR count). The largest absolute Gasteiger partial charge is 0.508 e. The highest BCUT2D eigenvalue weighted by molar-refractivity contribution is 5.98. The predicted octanol–water partition coefficient (Wildman–Crippen LogP) is 7.44. The number of fused-ring (bicyclic) bond motifs is 1. The first-order chi connectivity index (χ1) is 23.0. The molecule has 48 heavy (non-hydrogen) atoms. The molecule has 0 heterocycles. The number of hydrogen-bond acceptors (Lipinski definition) is 8. The van der Waals surface area contributed by atoms with Crippen LogP contribution in [0.5, 0.6) is 23.0 Å². The van der Waals surface area contributed by atoms with Crippen molar-refractivity contribution in [1.29, 1.82) is 0 Å². The van der Waals surface area contributed by atoms with Gasteiger partial charge < -0.3 is 29.9 Å². The Morgan fingerprint density at radius 1 is 0.396 bits per heavy atom. The molecule has 0 amide bonds. The van der Waals surface area contributed by atoms with E-state index < -0.39 is 23.9 Å². The van der Waals surface area contributed by atoms with Crippen LogP contribution in [0.15, 0.2) is 133 Å². The van der Waals surface area contributed by atoms with Crippen molar-refractivity contribution in [3.8, 4) is 34.1 Å². The molecule has 0 aliphatic heterocycles. The summed E-state index contributed by atoms with van der Waals surface area (Å²) < 4.78 is 10.7. The Hall–Kier alpha value is -6.94. The summed E-state index contributed by atoms with van der Waals surface area (Å²) in [5, 5.41) is 37.5. The second kappa shape index (κ2) is 14.4. The first-order valence-electron chi connectivity index (χ1n) is 14.3. The molecule has 4 N–H and O–H groups in total. The summed E-state index contributed by atoms with van der Waals surface area (Å²) >= 11 is 0. The van der Waals surface area contributed by atoms with Crippen LogP contribution in [-0.2, 0) is 0 Å². The fraction of sp³-hybridized carbons (Fsp3) is 0. The average molecular weight is 643 g/mol. The van der Waals surface area contributed by atoms with Crippen LogP contribution in [0.3, 0.4) is 0 Å². The van der Waals surface area contributed by atoms with Crippen molar-refractivity contribution >= 4 is 34.6 Å². The number of aromatic hydroxyl groups is 2. The van der Waals surface area contributed by atoms with Crippen molar-refractivity contribution in [2.24, 2.45) is 0 Å². The molecule has 10 nitrogen and oxygen atoms in total. The van der Waals surface area contributed by atoms with Crippen LogP contribution < -0.4 is 9.47 Å². The molecule has 0 aliphatic carbocycles. The van der Waals surface area contributed by atoms with E-state index >= 15 is 0 Å². The molecule has 0 radical (unpaired) electrons. The minimum absolute atomic E-state index is 0.0638. The Labute approximate surface area is 273 Å². The molecule has 0 saturated heterocycles. The minimum atomic E-state index is -1.09. The summed E-state index contributed by atoms with van der Waals surface area (Å²) in [5.74, 6) is -2.39. The third kappa shape index (κ3) is 8.20. The van der Waals surface area contributed by atoms with Gasteiger partial charge in [0, 0.05) is 0 Å². The second-order valence-corrected chi connectivity index (χ2v) is 10.3. The van der Waals surface area contributed by atoms with E-state index in [0.29, 0.717) is 10.8 Å². The lowest BCUT2D eigenvalue weighted by Crippen LogP contribution is -2.09. The van der Waals surface area contributed by atoms with Gasteiger partial charge >= 0.3 is 23.9 Å². The zero-order valence-electron chi connectivity index (χ0n) is 24.9. The van der Waals surface area contributed by atoms with E-state index in [0.717, 1.165) is 11.1 Å². The number of aromatic carboxylic acids is 2. The molecule has 0 spiro atoms. The van der Waals surface area contributed by atoms with E-state index in [9.17, 15) is 19.2 Å². The molecule has 0 fully saturated rings. The number of carboxylic acid groups (broad SMARTS) is 2. The smallest absolute Gasteiger partial charge is 0.343 e. The lowest BCUT2D eigenvalue weighted by molar-refractivity contribution is 0.0685. The van der Waals surface area contributed by atoms with Crippen LogP contribution in [0.2, 0.25) is 0 Å². The molecule has 238 valence electrons. The molecule has 6 aromatic rings. The zero-order valence-corrected chi connectivity index (χ0v) is 24.9. The number of carboxylic acids is 2. The van der Waals surface area contributed by atoms with E-state index in [4.69, 9.17) is 29.9 Å². The third-order valence-electron chi connectivity index (χ3n) is 7.01. The summed E-state index contributed by atoms with van der Waals surface area (Å²) in [5.41, 5.74) is 2.68. The number of ether oxygens (including phenoxy) is 2. The first-order valence-corrected chi connectivity index (χ1v) is 14.3. The molecule has 0 atom stereocenters. The zero-order chi connectivity index (χ0) is 34.2. The molecule has 0 unspecified atom stereocenters. The van der Waals surface area contributed by atoms with Crippen molar-refractivity contribution in [1.82, 2.24) is 0 Å². The van der Waals surface area contributed by atoms with Crippen molar-refractivity contribution in [2.75, 3.05) is 0 Å². The Balaban J connectivity index is 0.000000267. The number of esters is 2. The van der Waals surface area contributed by atoms with E-state index in [1.54, 1.807) is 60.7 Å². The summed E-state index contributed by atoms with van der Waals surface area (Å²) in [6.07, 6.45) is 0. The summed E-state index contributed by atoms with van der Waals surface area (Å²) in [4.78, 5) is 46.7. The normalized spacial score (nSPS) is 10.3. The maximum atomic E-state index is 12.5. The SMILES string of the molecule is O=C(O)c1ccc(OC(=O)c2ccc3cc(OC(=O)c4ccc(C(=O)O)cc4)ccc3c2)cc1.Oc1ccc(-c2ccc(O)cc2)cc1. The van der Waals surface area contributed by atoms with E-state index in [1.165, 1.54) is 48.5 Å². The molecule has 0 bridgehead atoms. The monoisotopic (exact) mass is 642 g/mol. The average Bonchev–Trinajstić information content (AvgIpc) is 3.09. The van der Waals surface area contributed by atoms with Crippen LogP contribution in [0, 0.1) is 0 Å². The van der Waals surface area contributed by atoms with Gasteiger partial charge in [0.25, 0.3) is 0 Å². The van der Waals surface area contributed by atoms with Crippen molar-refractivity contribution in [3.05, 3.63) is 156 Å². The van der Waals surface area contributed by atoms with Gasteiger partial charge in [-0.05, 0) is 119 Å². The standard InChI is InChI=1S/C26H16O8.C12H10O2/c27-23(28)15-1-3-17(4-2-15)25(31)34-22-12-9-18-13-20(6-5-19(18)14-22)26(32)33-21-10-7-16(8-11-21)24(29)30;13-11-5-1-9(2-6-11)10-3-7-12(14)8-4-10/h1-14H,(H,27,28)(H,29,30);1-8,13-14H. The number of carbonyl (C=O) groups is 4. The van der Waals surface area contributed by atoms with Crippen LogP contribution >= 0.6 is 0 Å². The van der Waals surface area contributed by atoms with Crippen molar-refractivity contribution in [3.63, 3.8) is 0 Å². The third-order valence-corrected chi connectivity index (χ3v) is 7.01. The first kappa shape index (κ1) is 32.5. The Bertz CT molecular complexity index is 2060. The fourth-order valence-electron chi connectivity index (χ4n) is 4.47. The molecule has 0 aliphatic rings. The molecular weight excluding hydrogens is 616 g/mol. The Morgan fingerprint density at radius 3 is 1.29 bits per heavy atom. The maximum absolute atomic E-state index is 12.5. The maximum Gasteiger partial charge on any atom is 0.343 e. The van der Waals surface area contributed by atoms with Gasteiger partial charge in [0.15, 0.2) is 0 Å². The van der Waals surface area contributed by atoms with Crippen molar-refractivity contribution < 1.29 is 49.1 Å². The predicted molar refractivity (Wildman–Crippen MR) is 176 cm³/mol. The number of carbonyl (C=O) groups excluding carboxylic acids is 2. The number of phenolic OH excluding ortho intramolecular Hbond substituents is 2. The Morgan fingerprint density at radius 2 is 0.771 bits per heavy atom. The van der Waals surface area contributed by atoms with E-state index in [2.05, 4.69) is 0 Å². The summed E-state index contributed by atoms with van der Waals surface area (Å²) in [7, 11) is 0. The van der Waals surface area contributed by atoms with Gasteiger partial charge in [-0.3, -0.25) is 0 Å². The highest BCUT2D eigenvalue weighted by atomic mass is 16.5. The number of rotatable bonds is 7. The molecular formula is C38H26O10. The quantitative estimate of drug-likeness (QED) is 0.101. The van der Waals surface area contributed by atoms with Gasteiger partial charge in [0.1, 0.15) is 23.0 Å². The van der Waals surface area contributed by atoms with Crippen molar-refractivity contribution in [2.45, 2.75) is 0 Å².